The number of ether oxygens (including phenoxy) is 1. The highest BCUT2D eigenvalue weighted by molar-refractivity contribution is 7.10. The molecule has 0 radical (unpaired) electrons. The number of methoxy groups -OCH3 is 1. The molecule has 1 N–H and O–H groups in total. The Morgan fingerprint density at radius 3 is 2.80 bits per heavy atom. The molecule has 1 aromatic heterocycles. The number of hydrogen-bond acceptors (Lipinski definition) is 3. The molecule has 1 atom stereocenters. The zero-order valence-electron chi connectivity index (χ0n) is 12.1. The maximum Gasteiger partial charge on any atom is 0.132 e. The van der Waals surface area contributed by atoms with Gasteiger partial charge in [-0.15, -0.1) is 11.3 Å². The van der Waals surface area contributed by atoms with Crippen molar-refractivity contribution in [2.24, 2.45) is 0 Å². The smallest absolute Gasteiger partial charge is 0.132 e. The van der Waals surface area contributed by atoms with E-state index in [0.717, 1.165) is 18.5 Å². The zero-order chi connectivity index (χ0) is 14.5. The van der Waals surface area contributed by atoms with Crippen LogP contribution in [-0.2, 0) is 0 Å². The molecule has 0 aliphatic carbocycles. The van der Waals surface area contributed by atoms with Crippen LogP contribution >= 0.6 is 11.3 Å². The van der Waals surface area contributed by atoms with Gasteiger partial charge in [-0.05, 0) is 49.0 Å². The van der Waals surface area contributed by atoms with Crippen molar-refractivity contribution >= 4 is 11.3 Å². The first-order chi connectivity index (χ1) is 9.67. The van der Waals surface area contributed by atoms with Gasteiger partial charge in [-0.25, -0.2) is 4.39 Å². The molecule has 0 aliphatic rings. The highest BCUT2D eigenvalue weighted by Crippen LogP contribution is 2.34. The van der Waals surface area contributed by atoms with Crippen LogP contribution in [0, 0.1) is 12.7 Å². The van der Waals surface area contributed by atoms with E-state index in [9.17, 15) is 4.39 Å². The molecular weight excluding hydrogens is 273 g/mol. The molecule has 2 rings (SSSR count). The third kappa shape index (κ3) is 3.19. The van der Waals surface area contributed by atoms with E-state index in [0.29, 0.717) is 11.3 Å². The average Bonchev–Trinajstić information content (AvgIpc) is 2.87. The molecule has 1 heterocycles. The van der Waals surface area contributed by atoms with Crippen LogP contribution in [0.25, 0.3) is 0 Å². The van der Waals surface area contributed by atoms with Gasteiger partial charge in [0.1, 0.15) is 11.6 Å². The fourth-order valence-electron chi connectivity index (χ4n) is 2.27. The summed E-state index contributed by atoms with van der Waals surface area (Å²) < 4.78 is 19.6. The molecule has 0 amide bonds. The molecule has 1 unspecified atom stereocenters. The summed E-state index contributed by atoms with van der Waals surface area (Å²) in [4.78, 5) is 1.22. The second kappa shape index (κ2) is 6.86. The molecule has 2 aromatic rings. The molecule has 0 spiro atoms. The maximum absolute atomic E-state index is 14.3. The number of halogens is 1. The van der Waals surface area contributed by atoms with Gasteiger partial charge in [0, 0.05) is 4.88 Å². The first-order valence-corrected chi connectivity index (χ1v) is 7.66. The summed E-state index contributed by atoms with van der Waals surface area (Å²) in [7, 11) is 1.58. The number of rotatable bonds is 6. The number of benzene rings is 1. The van der Waals surface area contributed by atoms with Crippen molar-refractivity contribution in [3.05, 3.63) is 51.5 Å². The number of aryl methyl sites for hydroxylation is 1. The van der Waals surface area contributed by atoms with Crippen LogP contribution in [0.1, 0.15) is 35.4 Å². The number of hydrogen-bond donors (Lipinski definition) is 1. The molecule has 108 valence electrons. The Morgan fingerprint density at radius 1 is 1.40 bits per heavy atom. The Morgan fingerprint density at radius 2 is 2.20 bits per heavy atom. The second-order valence-corrected chi connectivity index (χ2v) is 5.85. The maximum atomic E-state index is 14.3. The molecule has 2 nitrogen and oxygen atoms in total. The lowest BCUT2D eigenvalue weighted by molar-refractivity contribution is 0.396. The van der Waals surface area contributed by atoms with Crippen molar-refractivity contribution in [2.75, 3.05) is 13.7 Å². The van der Waals surface area contributed by atoms with Gasteiger partial charge in [0.05, 0.1) is 18.7 Å². The molecule has 0 fully saturated rings. The summed E-state index contributed by atoms with van der Waals surface area (Å²) in [6.07, 6.45) is 0.996. The van der Waals surface area contributed by atoms with Crippen molar-refractivity contribution in [3.8, 4) is 5.75 Å². The van der Waals surface area contributed by atoms with Gasteiger partial charge in [0.25, 0.3) is 0 Å². The molecule has 4 heteroatoms. The Kier molecular flexibility index (Phi) is 5.15. The molecular formula is C16H20FNOS. The van der Waals surface area contributed by atoms with Crippen molar-refractivity contribution in [1.82, 2.24) is 5.32 Å². The van der Waals surface area contributed by atoms with Crippen LogP contribution in [0.2, 0.25) is 0 Å². The Labute approximate surface area is 123 Å². The molecule has 0 saturated heterocycles. The lowest BCUT2D eigenvalue weighted by Gasteiger charge is -2.21. The zero-order valence-corrected chi connectivity index (χ0v) is 12.9. The van der Waals surface area contributed by atoms with Crippen LogP contribution in [0.3, 0.4) is 0 Å². The van der Waals surface area contributed by atoms with Crippen molar-refractivity contribution in [2.45, 2.75) is 26.3 Å². The predicted molar refractivity (Wildman–Crippen MR) is 82.1 cm³/mol. The van der Waals surface area contributed by atoms with Gasteiger partial charge in [-0.3, -0.25) is 0 Å². The van der Waals surface area contributed by atoms with Gasteiger partial charge >= 0.3 is 0 Å². The topological polar surface area (TPSA) is 21.3 Å². The SMILES string of the molecule is CCCNC(c1csc(C)c1)c1c(F)cccc1OC. The second-order valence-electron chi connectivity index (χ2n) is 4.73. The standard InChI is InChI=1S/C16H20FNOS/c1-4-8-18-16(12-9-11(2)20-10-12)15-13(17)6-5-7-14(15)19-3/h5-7,9-10,16,18H,4,8H2,1-3H3. The van der Waals surface area contributed by atoms with Crippen LogP contribution < -0.4 is 10.1 Å². The highest BCUT2D eigenvalue weighted by atomic mass is 32.1. The number of nitrogens with one attached hydrogen (secondary N) is 1. The average molecular weight is 293 g/mol. The van der Waals surface area contributed by atoms with Crippen LogP contribution in [-0.4, -0.2) is 13.7 Å². The van der Waals surface area contributed by atoms with E-state index in [-0.39, 0.29) is 11.9 Å². The highest BCUT2D eigenvalue weighted by Gasteiger charge is 2.22. The van der Waals surface area contributed by atoms with Gasteiger partial charge in [-0.2, -0.15) is 0 Å². The summed E-state index contributed by atoms with van der Waals surface area (Å²) in [6.45, 7) is 4.99. The Hall–Kier alpha value is -1.39. The number of thiophene rings is 1. The molecule has 0 bridgehead atoms. The molecule has 0 saturated carbocycles. The third-order valence-electron chi connectivity index (χ3n) is 3.20. The first kappa shape index (κ1) is 15.0. The van der Waals surface area contributed by atoms with E-state index in [1.807, 2.05) is 0 Å². The minimum Gasteiger partial charge on any atom is -0.496 e. The molecule has 0 aliphatic heterocycles. The van der Waals surface area contributed by atoms with Crippen LogP contribution in [0.5, 0.6) is 5.75 Å². The monoisotopic (exact) mass is 293 g/mol. The first-order valence-electron chi connectivity index (χ1n) is 6.78. The minimum atomic E-state index is -0.234. The van der Waals surface area contributed by atoms with Crippen molar-refractivity contribution in [3.63, 3.8) is 0 Å². The van der Waals surface area contributed by atoms with E-state index >= 15 is 0 Å². The molecule has 1 aromatic carbocycles. The summed E-state index contributed by atoms with van der Waals surface area (Å²) in [5, 5.41) is 5.50. The van der Waals surface area contributed by atoms with Gasteiger partial charge < -0.3 is 10.1 Å². The summed E-state index contributed by atoms with van der Waals surface area (Å²) in [6, 6.07) is 6.89. The van der Waals surface area contributed by atoms with E-state index in [4.69, 9.17) is 4.74 Å². The Balaban J connectivity index is 2.46. The van der Waals surface area contributed by atoms with Crippen LogP contribution in [0.15, 0.2) is 29.6 Å². The van der Waals surface area contributed by atoms with Crippen molar-refractivity contribution in [1.29, 1.82) is 0 Å². The summed E-state index contributed by atoms with van der Waals surface area (Å²) >= 11 is 1.68. The van der Waals surface area contributed by atoms with Gasteiger partial charge in [0.2, 0.25) is 0 Å². The fraction of sp³-hybridized carbons (Fsp3) is 0.375. The normalized spacial score (nSPS) is 12.4. The predicted octanol–water partition coefficient (Wildman–Crippen LogP) is 4.29. The van der Waals surface area contributed by atoms with Gasteiger partial charge in [0.15, 0.2) is 0 Å². The summed E-state index contributed by atoms with van der Waals surface area (Å²) in [5.41, 5.74) is 1.67. The van der Waals surface area contributed by atoms with E-state index in [1.165, 1.54) is 10.9 Å². The lowest BCUT2D eigenvalue weighted by Crippen LogP contribution is -2.24. The third-order valence-corrected chi connectivity index (χ3v) is 4.08. The fourth-order valence-corrected chi connectivity index (χ4v) is 3.00. The quantitative estimate of drug-likeness (QED) is 0.857. The largest absolute Gasteiger partial charge is 0.496 e. The summed E-state index contributed by atoms with van der Waals surface area (Å²) in [5.74, 6) is 0.351. The van der Waals surface area contributed by atoms with E-state index in [2.05, 4.69) is 30.6 Å². The minimum absolute atomic E-state index is 0.170. The lowest BCUT2D eigenvalue weighted by atomic mass is 9.99. The van der Waals surface area contributed by atoms with E-state index < -0.39 is 0 Å². The Bertz CT molecular complexity index is 567. The van der Waals surface area contributed by atoms with E-state index in [1.54, 1.807) is 30.6 Å². The van der Waals surface area contributed by atoms with Gasteiger partial charge in [-0.1, -0.05) is 13.0 Å². The molecule has 20 heavy (non-hydrogen) atoms. The van der Waals surface area contributed by atoms with Crippen molar-refractivity contribution < 1.29 is 9.13 Å². The van der Waals surface area contributed by atoms with Crippen LogP contribution in [0.4, 0.5) is 4.39 Å².